The predicted octanol–water partition coefficient (Wildman–Crippen LogP) is 4.44. The number of likely N-dealkylation sites (tertiary alicyclic amines) is 1. The molecule has 0 spiro atoms. The maximum atomic E-state index is 12.5. The Morgan fingerprint density at radius 2 is 1.84 bits per heavy atom. The molecule has 1 amide bonds. The van der Waals surface area contributed by atoms with Gasteiger partial charge in [0.2, 0.25) is 17.6 Å². The zero-order chi connectivity index (χ0) is 21.6. The van der Waals surface area contributed by atoms with E-state index in [0.29, 0.717) is 37.8 Å². The number of hydrogen-bond acceptors (Lipinski definition) is 6. The van der Waals surface area contributed by atoms with E-state index >= 15 is 0 Å². The molecule has 2 heterocycles. The van der Waals surface area contributed by atoms with Crippen molar-refractivity contribution in [2.24, 2.45) is 0 Å². The highest BCUT2D eigenvalue weighted by molar-refractivity contribution is 5.79. The lowest BCUT2D eigenvalue weighted by Gasteiger charge is -2.16. The van der Waals surface area contributed by atoms with E-state index in [9.17, 15) is 4.79 Å². The molecule has 1 fully saturated rings. The lowest BCUT2D eigenvalue weighted by Crippen LogP contribution is -2.24. The molecule has 1 unspecified atom stereocenters. The lowest BCUT2D eigenvalue weighted by atomic mass is 10.1. The largest absolute Gasteiger partial charge is 0.497 e. The number of nitrogens with zero attached hydrogens (tertiary/aromatic N) is 3. The monoisotopic (exact) mass is 421 g/mol. The van der Waals surface area contributed by atoms with Crippen LogP contribution in [0.1, 0.15) is 43.6 Å². The third-order valence-corrected chi connectivity index (χ3v) is 5.42. The fourth-order valence-electron chi connectivity index (χ4n) is 3.59. The van der Waals surface area contributed by atoms with Gasteiger partial charge in [0.25, 0.3) is 0 Å². The van der Waals surface area contributed by atoms with Crippen molar-refractivity contribution in [1.29, 1.82) is 0 Å². The molecule has 2 aromatic carbocycles. The molecule has 4 rings (SSSR count). The molecule has 31 heavy (non-hydrogen) atoms. The zero-order valence-electron chi connectivity index (χ0n) is 17.9. The molecule has 162 valence electrons. The molecule has 0 saturated carbocycles. The van der Waals surface area contributed by atoms with E-state index in [-0.39, 0.29) is 11.8 Å². The average molecular weight is 421 g/mol. The minimum absolute atomic E-state index is 0.0918. The van der Waals surface area contributed by atoms with Crippen LogP contribution < -0.4 is 9.47 Å². The molecule has 0 N–H and O–H groups in total. The van der Waals surface area contributed by atoms with Crippen molar-refractivity contribution >= 4 is 5.91 Å². The van der Waals surface area contributed by atoms with Crippen molar-refractivity contribution in [3.8, 4) is 22.9 Å². The Morgan fingerprint density at radius 1 is 1.10 bits per heavy atom. The first-order valence-electron chi connectivity index (χ1n) is 10.6. The fourth-order valence-corrected chi connectivity index (χ4v) is 3.59. The van der Waals surface area contributed by atoms with Gasteiger partial charge >= 0.3 is 0 Å². The van der Waals surface area contributed by atoms with Crippen LogP contribution >= 0.6 is 0 Å². The van der Waals surface area contributed by atoms with Crippen LogP contribution in [0.5, 0.6) is 11.5 Å². The van der Waals surface area contributed by atoms with Crippen LogP contribution in [0.2, 0.25) is 0 Å². The molecule has 1 aliphatic rings. The van der Waals surface area contributed by atoms with Crippen LogP contribution in [0.25, 0.3) is 11.4 Å². The molecule has 0 bridgehead atoms. The molecule has 1 aliphatic heterocycles. The SMILES string of the molecule is CCCCOc1ccc(-c2noc(C3CC(=O)N(Cc4ccc(OC)cc4)C3)n2)cc1. The average Bonchev–Trinajstić information content (AvgIpc) is 3.42. The highest BCUT2D eigenvalue weighted by atomic mass is 16.5. The van der Waals surface area contributed by atoms with Crippen LogP contribution in [0, 0.1) is 0 Å². The molecular weight excluding hydrogens is 394 g/mol. The third kappa shape index (κ3) is 5.05. The first-order valence-corrected chi connectivity index (χ1v) is 10.6. The fraction of sp³-hybridized carbons (Fsp3) is 0.375. The molecule has 1 aromatic heterocycles. The van der Waals surface area contributed by atoms with Crippen LogP contribution in [-0.2, 0) is 11.3 Å². The lowest BCUT2D eigenvalue weighted by molar-refractivity contribution is -0.128. The Balaban J connectivity index is 1.38. The summed E-state index contributed by atoms with van der Waals surface area (Å²) in [5, 5.41) is 4.12. The summed E-state index contributed by atoms with van der Waals surface area (Å²) in [4.78, 5) is 18.9. The normalized spacial score (nSPS) is 16.0. The highest BCUT2D eigenvalue weighted by Crippen LogP contribution is 2.30. The molecule has 0 radical (unpaired) electrons. The number of methoxy groups -OCH3 is 1. The molecule has 0 aliphatic carbocycles. The minimum atomic E-state index is -0.0938. The van der Waals surface area contributed by atoms with Gasteiger partial charge in [0.05, 0.1) is 19.6 Å². The van der Waals surface area contributed by atoms with Crippen LogP contribution in [-0.4, -0.2) is 41.2 Å². The summed E-state index contributed by atoms with van der Waals surface area (Å²) < 4.78 is 16.4. The van der Waals surface area contributed by atoms with Crippen molar-refractivity contribution in [3.05, 3.63) is 60.0 Å². The standard InChI is InChI=1S/C24H27N3O4/c1-3-4-13-30-21-11-7-18(8-12-21)23-25-24(31-26-23)19-14-22(28)27(16-19)15-17-5-9-20(29-2)10-6-17/h5-12,19H,3-4,13-16H2,1-2H3. The van der Waals surface area contributed by atoms with Crippen LogP contribution in [0.15, 0.2) is 53.1 Å². The maximum absolute atomic E-state index is 12.5. The molecule has 1 atom stereocenters. The van der Waals surface area contributed by atoms with E-state index in [4.69, 9.17) is 14.0 Å². The van der Waals surface area contributed by atoms with Crippen LogP contribution in [0.4, 0.5) is 0 Å². The van der Waals surface area contributed by atoms with Gasteiger partial charge in [-0.05, 0) is 48.4 Å². The summed E-state index contributed by atoms with van der Waals surface area (Å²) >= 11 is 0. The Morgan fingerprint density at radius 3 is 2.55 bits per heavy atom. The number of hydrogen-bond donors (Lipinski definition) is 0. The number of ether oxygens (including phenoxy) is 2. The Bertz CT molecular complexity index is 998. The summed E-state index contributed by atoms with van der Waals surface area (Å²) in [6.45, 7) is 3.97. The van der Waals surface area contributed by atoms with Crippen molar-refractivity contribution in [2.45, 2.75) is 38.6 Å². The topological polar surface area (TPSA) is 77.7 Å². The molecule has 7 nitrogen and oxygen atoms in total. The predicted molar refractivity (Wildman–Crippen MR) is 116 cm³/mol. The van der Waals surface area contributed by atoms with Crippen molar-refractivity contribution in [1.82, 2.24) is 15.0 Å². The summed E-state index contributed by atoms with van der Waals surface area (Å²) in [7, 11) is 1.64. The van der Waals surface area contributed by atoms with Gasteiger partial charge in [0.1, 0.15) is 11.5 Å². The maximum Gasteiger partial charge on any atom is 0.232 e. The van der Waals surface area contributed by atoms with Gasteiger partial charge in [-0.1, -0.05) is 30.6 Å². The van der Waals surface area contributed by atoms with Gasteiger partial charge < -0.3 is 18.9 Å². The van der Waals surface area contributed by atoms with Gasteiger partial charge in [-0.3, -0.25) is 4.79 Å². The molecule has 7 heteroatoms. The van der Waals surface area contributed by atoms with Crippen molar-refractivity contribution in [2.75, 3.05) is 20.3 Å². The van der Waals surface area contributed by atoms with E-state index in [1.165, 1.54) is 0 Å². The number of carbonyl (C=O) groups excluding carboxylic acids is 1. The molecule has 3 aromatic rings. The number of amides is 1. The second-order valence-electron chi connectivity index (χ2n) is 7.71. The van der Waals surface area contributed by atoms with Crippen molar-refractivity contribution in [3.63, 3.8) is 0 Å². The van der Waals surface area contributed by atoms with Crippen LogP contribution in [0.3, 0.4) is 0 Å². The number of benzene rings is 2. The van der Waals surface area contributed by atoms with E-state index in [1.54, 1.807) is 7.11 Å². The molecular formula is C24H27N3O4. The smallest absolute Gasteiger partial charge is 0.232 e. The first kappa shape index (κ1) is 20.9. The van der Waals surface area contributed by atoms with E-state index in [1.807, 2.05) is 53.4 Å². The Labute approximate surface area is 182 Å². The quantitative estimate of drug-likeness (QED) is 0.475. The number of rotatable bonds is 9. The Hall–Kier alpha value is -3.35. The summed E-state index contributed by atoms with van der Waals surface area (Å²) in [6, 6.07) is 15.4. The summed E-state index contributed by atoms with van der Waals surface area (Å²) in [5.41, 5.74) is 1.92. The number of aromatic nitrogens is 2. The summed E-state index contributed by atoms with van der Waals surface area (Å²) in [6.07, 6.45) is 2.51. The van der Waals surface area contributed by atoms with Crippen molar-refractivity contribution < 1.29 is 18.8 Å². The Kier molecular flexibility index (Phi) is 6.50. The second kappa shape index (κ2) is 9.64. The minimum Gasteiger partial charge on any atom is -0.497 e. The van der Waals surface area contributed by atoms with E-state index in [2.05, 4.69) is 17.1 Å². The zero-order valence-corrected chi connectivity index (χ0v) is 17.9. The molecule has 1 saturated heterocycles. The van der Waals surface area contributed by atoms with Gasteiger partial charge in [-0.15, -0.1) is 0 Å². The van der Waals surface area contributed by atoms with Gasteiger partial charge in [-0.2, -0.15) is 4.98 Å². The number of carbonyl (C=O) groups is 1. The van der Waals surface area contributed by atoms with E-state index < -0.39 is 0 Å². The van der Waals surface area contributed by atoms with Gasteiger partial charge in [0.15, 0.2) is 0 Å². The van der Waals surface area contributed by atoms with Gasteiger partial charge in [0, 0.05) is 25.1 Å². The third-order valence-electron chi connectivity index (χ3n) is 5.42. The summed E-state index contributed by atoms with van der Waals surface area (Å²) in [5.74, 6) is 2.66. The van der Waals surface area contributed by atoms with Gasteiger partial charge in [-0.25, -0.2) is 0 Å². The number of unbranched alkanes of at least 4 members (excludes halogenated alkanes) is 1. The first-order chi connectivity index (χ1) is 15.2. The highest BCUT2D eigenvalue weighted by Gasteiger charge is 2.34. The second-order valence-corrected chi connectivity index (χ2v) is 7.71. The van der Waals surface area contributed by atoms with E-state index in [0.717, 1.165) is 35.5 Å².